The molecule has 1 unspecified atom stereocenters. The van der Waals surface area contributed by atoms with Crippen LogP contribution in [0.1, 0.15) is 39.5 Å². The van der Waals surface area contributed by atoms with E-state index in [-0.39, 0.29) is 47.3 Å². The molecule has 2 N–H and O–H groups in total. The monoisotopic (exact) mass is 504 g/mol. The highest BCUT2D eigenvalue weighted by molar-refractivity contribution is 6.04. The Labute approximate surface area is 201 Å². The van der Waals surface area contributed by atoms with Gasteiger partial charge in [-0.3, -0.25) is 4.79 Å². The van der Waals surface area contributed by atoms with E-state index in [1.54, 1.807) is 6.07 Å². The number of ether oxygens (including phenoxy) is 4. The molecule has 188 valence electrons. The molecule has 3 heterocycles. The summed E-state index contributed by atoms with van der Waals surface area (Å²) < 4.78 is 63.7. The Morgan fingerprint density at radius 3 is 2.58 bits per heavy atom. The van der Waals surface area contributed by atoms with Gasteiger partial charge in [-0.25, -0.2) is 4.79 Å². The van der Waals surface area contributed by atoms with E-state index >= 15 is 0 Å². The third-order valence-electron chi connectivity index (χ3n) is 6.10. The zero-order chi connectivity index (χ0) is 25.8. The topological polar surface area (TPSA) is 108 Å². The highest BCUT2D eigenvalue weighted by atomic mass is 19.4. The lowest BCUT2D eigenvalue weighted by atomic mass is 9.87. The minimum atomic E-state index is -4.61. The van der Waals surface area contributed by atoms with Gasteiger partial charge in [-0.05, 0) is 24.3 Å². The molecule has 0 fully saturated rings. The zero-order valence-electron chi connectivity index (χ0n) is 18.9. The molecular formula is C24H19F3N2O7. The van der Waals surface area contributed by atoms with Crippen molar-refractivity contribution >= 4 is 17.6 Å². The highest BCUT2D eigenvalue weighted by Gasteiger charge is 2.39. The molecule has 12 heteroatoms. The molecule has 0 spiro atoms. The zero-order valence-corrected chi connectivity index (χ0v) is 18.9. The minimum Gasteiger partial charge on any atom is -0.493 e. The van der Waals surface area contributed by atoms with Gasteiger partial charge < -0.3 is 33.9 Å². The van der Waals surface area contributed by atoms with Gasteiger partial charge in [-0.15, -0.1) is 0 Å². The van der Waals surface area contributed by atoms with Crippen molar-refractivity contribution in [2.75, 3.05) is 26.3 Å². The van der Waals surface area contributed by atoms with Crippen LogP contribution in [0.15, 0.2) is 36.5 Å². The fourth-order valence-corrected chi connectivity index (χ4v) is 4.59. The van der Waals surface area contributed by atoms with Gasteiger partial charge >= 0.3 is 12.1 Å². The number of hydrogen-bond acceptors (Lipinski definition) is 6. The molecule has 36 heavy (non-hydrogen) atoms. The summed E-state index contributed by atoms with van der Waals surface area (Å²) >= 11 is 0. The largest absolute Gasteiger partial charge is 0.493 e. The van der Waals surface area contributed by atoms with Crippen LogP contribution < -0.4 is 24.3 Å². The van der Waals surface area contributed by atoms with Crippen LogP contribution >= 0.6 is 0 Å². The predicted octanol–water partition coefficient (Wildman–Crippen LogP) is 4.41. The number of aromatic carboxylic acids is 1. The molecule has 5 rings (SSSR count). The lowest BCUT2D eigenvalue weighted by Gasteiger charge is -2.28. The number of carboxylic acids is 1. The number of anilines is 1. The summed E-state index contributed by atoms with van der Waals surface area (Å²) in [5.41, 5.74) is -0.435. The molecule has 3 aromatic rings. The second-order valence-corrected chi connectivity index (χ2v) is 8.10. The first-order valence-electron chi connectivity index (χ1n) is 10.6. The molecule has 9 nitrogen and oxygen atoms in total. The van der Waals surface area contributed by atoms with Gasteiger partial charge in [0.25, 0.3) is 0 Å². The van der Waals surface area contributed by atoms with Gasteiger partial charge in [0.05, 0.1) is 31.2 Å². The summed E-state index contributed by atoms with van der Waals surface area (Å²) in [4.78, 5) is 24.8. The number of aromatic nitrogens is 1. The van der Waals surface area contributed by atoms with Crippen LogP contribution in [0.3, 0.4) is 0 Å². The molecule has 1 atom stereocenters. The quantitative estimate of drug-likeness (QED) is 0.530. The predicted molar refractivity (Wildman–Crippen MR) is 118 cm³/mol. The second-order valence-electron chi connectivity index (χ2n) is 8.10. The number of nitrogens with zero attached hydrogens (tertiary/aromatic N) is 1. The van der Waals surface area contributed by atoms with E-state index in [9.17, 15) is 27.9 Å². The first-order valence-corrected chi connectivity index (χ1v) is 10.6. The summed E-state index contributed by atoms with van der Waals surface area (Å²) in [6.07, 6.45) is -3.56. The van der Waals surface area contributed by atoms with Crippen molar-refractivity contribution in [3.8, 4) is 28.7 Å². The standard InChI is InChI=1S/C24H19F3N2O7/c1-33-16-7-14(20(34-2)22-21(16)35-10-36-22)13-8-17(30)28-18-15(23(31)32)9-29(19(13)18)12-5-3-4-11(6-12)24(25,26)27/h3-7,9,13H,8,10H2,1-2H3,(H,28,30)(H,31,32). The van der Waals surface area contributed by atoms with Crippen LogP contribution in [0.4, 0.5) is 18.9 Å². The maximum absolute atomic E-state index is 13.4. The lowest BCUT2D eigenvalue weighted by molar-refractivity contribution is -0.137. The number of amides is 1. The van der Waals surface area contributed by atoms with Crippen molar-refractivity contribution in [2.45, 2.75) is 18.5 Å². The van der Waals surface area contributed by atoms with E-state index in [0.717, 1.165) is 12.1 Å². The molecule has 2 aliphatic rings. The van der Waals surface area contributed by atoms with Crippen LogP contribution in [0.5, 0.6) is 23.0 Å². The van der Waals surface area contributed by atoms with Crippen molar-refractivity contribution in [1.29, 1.82) is 0 Å². The molecule has 2 aromatic carbocycles. The van der Waals surface area contributed by atoms with Crippen molar-refractivity contribution in [2.24, 2.45) is 0 Å². The Morgan fingerprint density at radius 2 is 1.92 bits per heavy atom. The highest BCUT2D eigenvalue weighted by Crippen LogP contribution is 2.54. The van der Waals surface area contributed by atoms with Gasteiger partial charge in [0.2, 0.25) is 24.2 Å². The SMILES string of the molecule is COc1cc(C2CC(=O)Nc3c(C(=O)O)cn(-c4cccc(C(F)(F)F)c4)c32)c(OC)c2c1OCO2. The van der Waals surface area contributed by atoms with Crippen molar-refractivity contribution in [3.63, 3.8) is 0 Å². The van der Waals surface area contributed by atoms with Crippen LogP contribution in [0.25, 0.3) is 5.69 Å². The van der Waals surface area contributed by atoms with E-state index in [1.165, 1.54) is 37.1 Å². The van der Waals surface area contributed by atoms with Gasteiger partial charge in [0.15, 0.2) is 11.5 Å². The lowest BCUT2D eigenvalue weighted by Crippen LogP contribution is -2.26. The summed E-state index contributed by atoms with van der Waals surface area (Å²) in [7, 11) is 2.81. The average Bonchev–Trinajstić information content (AvgIpc) is 3.47. The number of hydrogen-bond donors (Lipinski definition) is 2. The molecule has 1 aromatic heterocycles. The smallest absolute Gasteiger partial charge is 0.416 e. The maximum atomic E-state index is 13.4. The molecular weight excluding hydrogens is 485 g/mol. The Morgan fingerprint density at radius 1 is 1.17 bits per heavy atom. The normalized spacial score (nSPS) is 16.4. The Hall–Kier alpha value is -4.35. The van der Waals surface area contributed by atoms with Crippen molar-refractivity contribution in [3.05, 3.63) is 58.9 Å². The van der Waals surface area contributed by atoms with Crippen LogP contribution in [-0.4, -0.2) is 42.6 Å². The number of methoxy groups -OCH3 is 2. The molecule has 1 amide bonds. The number of nitrogens with one attached hydrogen (secondary N) is 1. The fourth-order valence-electron chi connectivity index (χ4n) is 4.59. The molecule has 0 aliphatic carbocycles. The van der Waals surface area contributed by atoms with E-state index in [2.05, 4.69) is 5.32 Å². The van der Waals surface area contributed by atoms with Crippen LogP contribution in [0, 0.1) is 0 Å². The van der Waals surface area contributed by atoms with E-state index in [4.69, 9.17) is 18.9 Å². The van der Waals surface area contributed by atoms with Gasteiger partial charge in [-0.2, -0.15) is 13.2 Å². The van der Waals surface area contributed by atoms with Crippen molar-refractivity contribution in [1.82, 2.24) is 4.57 Å². The molecule has 0 saturated heterocycles. The number of benzene rings is 2. The summed E-state index contributed by atoms with van der Waals surface area (Å²) in [5.74, 6) is -1.57. The maximum Gasteiger partial charge on any atom is 0.416 e. The summed E-state index contributed by atoms with van der Waals surface area (Å²) in [6, 6.07) is 6.07. The third kappa shape index (κ3) is 3.65. The first kappa shape index (κ1) is 23.4. The second kappa shape index (κ2) is 8.40. The molecule has 0 radical (unpaired) electrons. The Bertz CT molecular complexity index is 1400. The number of carbonyl (C=O) groups excluding carboxylic acids is 1. The minimum absolute atomic E-state index is 0.0140. The van der Waals surface area contributed by atoms with Gasteiger partial charge in [0.1, 0.15) is 5.56 Å². The molecule has 2 aliphatic heterocycles. The van der Waals surface area contributed by atoms with Gasteiger partial charge in [-0.1, -0.05) is 6.07 Å². The van der Waals surface area contributed by atoms with Crippen molar-refractivity contribution < 1.29 is 46.8 Å². The van der Waals surface area contributed by atoms with Crippen LogP contribution in [0.2, 0.25) is 0 Å². The van der Waals surface area contributed by atoms with Crippen LogP contribution in [-0.2, 0) is 11.0 Å². The number of halogens is 3. The number of alkyl halides is 3. The van der Waals surface area contributed by atoms with E-state index in [1.807, 2.05) is 0 Å². The molecule has 0 saturated carbocycles. The first-order chi connectivity index (χ1) is 17.1. The Balaban J connectivity index is 1.79. The number of fused-ring (bicyclic) bond motifs is 2. The van der Waals surface area contributed by atoms with Gasteiger partial charge in [0, 0.05) is 29.8 Å². The summed E-state index contributed by atoms with van der Waals surface area (Å²) in [5, 5.41) is 12.4. The third-order valence-corrected chi connectivity index (χ3v) is 6.10. The van der Waals surface area contributed by atoms with E-state index in [0.29, 0.717) is 17.1 Å². The number of rotatable bonds is 5. The number of carbonyl (C=O) groups is 2. The molecule has 0 bridgehead atoms. The Kier molecular flexibility index (Phi) is 5.46. The average molecular weight is 504 g/mol. The van der Waals surface area contributed by atoms with E-state index < -0.39 is 29.5 Å². The summed E-state index contributed by atoms with van der Waals surface area (Å²) in [6.45, 7) is -0.0916. The fraction of sp³-hybridized carbons (Fsp3) is 0.250. The number of carboxylic acid groups (broad SMARTS) is 1.